The van der Waals surface area contributed by atoms with Gasteiger partial charge < -0.3 is 0 Å². The van der Waals surface area contributed by atoms with Gasteiger partial charge >= 0.3 is 0 Å². The van der Waals surface area contributed by atoms with E-state index in [1.54, 1.807) is 4.68 Å². The summed E-state index contributed by atoms with van der Waals surface area (Å²) in [5, 5.41) is 4.22. The number of aromatic nitrogens is 2. The van der Waals surface area contributed by atoms with Gasteiger partial charge in [0, 0.05) is 30.8 Å². The molecule has 0 N–H and O–H groups in total. The molecule has 2 aliphatic rings. The molecular weight excluding hydrogens is 262 g/mol. The molecule has 1 aromatic heterocycles. The average molecular weight is 277 g/mol. The molecule has 0 fully saturated rings. The van der Waals surface area contributed by atoms with Crippen LogP contribution >= 0.6 is 0 Å². The van der Waals surface area contributed by atoms with Gasteiger partial charge in [0.25, 0.3) is 0 Å². The van der Waals surface area contributed by atoms with Gasteiger partial charge in [0.05, 0.1) is 18.5 Å². The molecule has 2 heterocycles. The second-order valence-corrected chi connectivity index (χ2v) is 5.70. The number of Topliss-reactive ketones (excluding diaryl/α,β-unsaturated/α-hetero) is 1. The summed E-state index contributed by atoms with van der Waals surface area (Å²) in [5.74, 6) is 0.217. The average Bonchev–Trinajstić information content (AvgIpc) is 3.03. The molecule has 1 aliphatic carbocycles. The quantitative estimate of drug-likeness (QED) is 0.803. The number of allylic oxidation sites excluding steroid dienone is 1. The molecule has 4 rings (SSSR count). The number of nitrogens with zero attached hydrogens (tertiary/aromatic N) is 3. The van der Waals surface area contributed by atoms with Gasteiger partial charge in [-0.3, -0.25) is 14.5 Å². The highest BCUT2D eigenvalue weighted by atomic mass is 16.1. The van der Waals surface area contributed by atoms with Crippen LogP contribution in [0.15, 0.2) is 35.1 Å². The summed E-state index contributed by atoms with van der Waals surface area (Å²) >= 11 is 0. The second-order valence-electron chi connectivity index (χ2n) is 5.70. The summed E-state index contributed by atoms with van der Waals surface area (Å²) in [6.07, 6.45) is 6.32. The molecule has 2 aromatic rings. The maximum absolute atomic E-state index is 11.8. The maximum Gasteiger partial charge on any atom is 0.162 e. The number of hydrogen-bond acceptors (Lipinski definition) is 3. The van der Waals surface area contributed by atoms with Crippen molar-refractivity contribution in [1.82, 2.24) is 9.78 Å². The molecule has 0 saturated heterocycles. The number of fused-ring (bicyclic) bond motifs is 2. The standard InChI is InChI=1S/C17H15N3O/c1-10-3-11-5-15-13(4-12(11)6-16(10)21)7-18-17(15)14-8-19-20(2)9-14/h3-5,8-9H,6-7H2,1-2H3. The highest BCUT2D eigenvalue weighted by Gasteiger charge is 2.23. The van der Waals surface area contributed by atoms with Crippen molar-refractivity contribution in [2.24, 2.45) is 12.0 Å². The smallest absolute Gasteiger partial charge is 0.162 e. The minimum Gasteiger partial charge on any atom is -0.294 e. The molecular formula is C17H15N3O. The van der Waals surface area contributed by atoms with Crippen LogP contribution in [0.25, 0.3) is 6.08 Å². The minimum atomic E-state index is 0.217. The third-order valence-corrected chi connectivity index (χ3v) is 4.17. The van der Waals surface area contributed by atoms with Crippen LogP contribution in [0, 0.1) is 0 Å². The number of aryl methyl sites for hydroxylation is 1. The zero-order valence-corrected chi connectivity index (χ0v) is 12.1. The van der Waals surface area contributed by atoms with Crippen molar-refractivity contribution in [1.29, 1.82) is 0 Å². The number of carbonyl (C=O) groups is 1. The van der Waals surface area contributed by atoms with Gasteiger partial charge in [-0.05, 0) is 41.3 Å². The fourth-order valence-corrected chi connectivity index (χ4v) is 3.02. The lowest BCUT2D eigenvalue weighted by atomic mass is 9.87. The Morgan fingerprint density at radius 2 is 2.10 bits per heavy atom. The van der Waals surface area contributed by atoms with E-state index in [4.69, 9.17) is 0 Å². The van der Waals surface area contributed by atoms with Crippen LogP contribution in [-0.2, 0) is 24.8 Å². The molecule has 0 unspecified atom stereocenters. The molecule has 1 aliphatic heterocycles. The van der Waals surface area contributed by atoms with Crippen molar-refractivity contribution in [3.05, 3.63) is 57.9 Å². The van der Waals surface area contributed by atoms with Gasteiger partial charge in [0.1, 0.15) is 0 Å². The first-order valence-electron chi connectivity index (χ1n) is 7.03. The first-order valence-corrected chi connectivity index (χ1v) is 7.03. The molecule has 0 amide bonds. The molecule has 0 radical (unpaired) electrons. The molecule has 1 aromatic carbocycles. The lowest BCUT2D eigenvalue weighted by molar-refractivity contribution is -0.114. The molecule has 0 saturated carbocycles. The van der Waals surface area contributed by atoms with E-state index in [0.29, 0.717) is 13.0 Å². The van der Waals surface area contributed by atoms with E-state index in [-0.39, 0.29) is 5.78 Å². The monoisotopic (exact) mass is 277 g/mol. The second kappa shape index (κ2) is 4.25. The lowest BCUT2D eigenvalue weighted by Crippen LogP contribution is -2.12. The molecule has 4 heteroatoms. The first kappa shape index (κ1) is 12.3. The van der Waals surface area contributed by atoms with Crippen LogP contribution in [0.5, 0.6) is 0 Å². The van der Waals surface area contributed by atoms with E-state index in [9.17, 15) is 4.79 Å². The molecule has 4 nitrogen and oxygen atoms in total. The summed E-state index contributed by atoms with van der Waals surface area (Å²) in [6, 6.07) is 4.30. The number of carbonyl (C=O) groups excluding carboxylic acids is 1. The van der Waals surface area contributed by atoms with E-state index in [1.807, 2.05) is 32.4 Å². The maximum atomic E-state index is 11.8. The van der Waals surface area contributed by atoms with Crippen molar-refractivity contribution in [3.8, 4) is 0 Å². The fourth-order valence-electron chi connectivity index (χ4n) is 3.02. The van der Waals surface area contributed by atoms with Gasteiger partial charge in [-0.1, -0.05) is 6.07 Å². The van der Waals surface area contributed by atoms with Gasteiger partial charge in [-0.2, -0.15) is 5.10 Å². The Kier molecular flexibility index (Phi) is 2.48. The van der Waals surface area contributed by atoms with E-state index >= 15 is 0 Å². The van der Waals surface area contributed by atoms with Gasteiger partial charge in [-0.15, -0.1) is 0 Å². The van der Waals surface area contributed by atoms with Crippen molar-refractivity contribution < 1.29 is 4.79 Å². The van der Waals surface area contributed by atoms with Crippen LogP contribution < -0.4 is 0 Å². The highest BCUT2D eigenvalue weighted by molar-refractivity contribution is 6.15. The lowest BCUT2D eigenvalue weighted by Gasteiger charge is -2.15. The summed E-state index contributed by atoms with van der Waals surface area (Å²) in [7, 11) is 1.91. The Hall–Kier alpha value is -2.49. The Bertz CT molecular complexity index is 840. The van der Waals surface area contributed by atoms with Gasteiger partial charge in [0.2, 0.25) is 0 Å². The number of hydrogen-bond donors (Lipinski definition) is 0. The normalized spacial score (nSPS) is 16.4. The summed E-state index contributed by atoms with van der Waals surface area (Å²) in [4.78, 5) is 16.5. The Morgan fingerprint density at radius 1 is 1.24 bits per heavy atom. The third-order valence-electron chi connectivity index (χ3n) is 4.17. The molecule has 21 heavy (non-hydrogen) atoms. The van der Waals surface area contributed by atoms with Gasteiger partial charge in [-0.25, -0.2) is 0 Å². The van der Waals surface area contributed by atoms with E-state index in [0.717, 1.165) is 28.0 Å². The van der Waals surface area contributed by atoms with Crippen LogP contribution in [-0.4, -0.2) is 21.3 Å². The van der Waals surface area contributed by atoms with Crippen molar-refractivity contribution in [2.45, 2.75) is 19.9 Å². The summed E-state index contributed by atoms with van der Waals surface area (Å²) < 4.78 is 1.79. The number of rotatable bonds is 1. The molecule has 0 bridgehead atoms. The predicted molar refractivity (Wildman–Crippen MR) is 81.4 cm³/mol. The Labute approximate surface area is 122 Å². The van der Waals surface area contributed by atoms with Crippen molar-refractivity contribution in [3.63, 3.8) is 0 Å². The number of benzene rings is 1. The largest absolute Gasteiger partial charge is 0.294 e. The van der Waals surface area contributed by atoms with Crippen molar-refractivity contribution in [2.75, 3.05) is 0 Å². The molecule has 104 valence electrons. The van der Waals surface area contributed by atoms with Crippen LogP contribution in [0.1, 0.15) is 34.7 Å². The van der Waals surface area contributed by atoms with Crippen LogP contribution in [0.2, 0.25) is 0 Å². The van der Waals surface area contributed by atoms with Crippen LogP contribution in [0.3, 0.4) is 0 Å². The summed E-state index contributed by atoms with van der Waals surface area (Å²) in [5.41, 5.74) is 7.51. The predicted octanol–water partition coefficient (Wildman–Crippen LogP) is 2.30. The third kappa shape index (κ3) is 1.87. The Balaban J connectivity index is 1.83. The molecule has 0 atom stereocenters. The number of aliphatic imine (C=N–C) groups is 1. The van der Waals surface area contributed by atoms with E-state index < -0.39 is 0 Å². The van der Waals surface area contributed by atoms with Crippen LogP contribution in [0.4, 0.5) is 0 Å². The summed E-state index contributed by atoms with van der Waals surface area (Å²) in [6.45, 7) is 2.57. The van der Waals surface area contributed by atoms with Gasteiger partial charge in [0.15, 0.2) is 5.78 Å². The molecule has 0 spiro atoms. The topological polar surface area (TPSA) is 47.2 Å². The zero-order chi connectivity index (χ0) is 14.6. The Morgan fingerprint density at radius 3 is 2.86 bits per heavy atom. The first-order chi connectivity index (χ1) is 10.1. The SMILES string of the molecule is CC1=Cc2cc3c(cc2CC1=O)CN=C3c1cnn(C)c1. The zero-order valence-electron chi connectivity index (χ0n) is 12.1. The minimum absolute atomic E-state index is 0.217. The van der Waals surface area contributed by atoms with Crippen molar-refractivity contribution >= 4 is 17.6 Å². The fraction of sp³-hybridized carbons (Fsp3) is 0.235. The van der Waals surface area contributed by atoms with E-state index in [1.165, 1.54) is 11.1 Å². The number of ketones is 1. The van der Waals surface area contributed by atoms with E-state index in [2.05, 4.69) is 22.2 Å². The highest BCUT2D eigenvalue weighted by Crippen LogP contribution is 2.30.